The van der Waals surface area contributed by atoms with E-state index in [1.807, 2.05) is 24.3 Å². The number of nitrogens with zero attached hydrogens (tertiary/aromatic N) is 1. The largest absolute Gasteiger partial charge is 0.289 e. The predicted octanol–water partition coefficient (Wildman–Crippen LogP) is 3.54. The van der Waals surface area contributed by atoms with Gasteiger partial charge < -0.3 is 0 Å². The minimum atomic E-state index is -0.191. The molecule has 0 amide bonds. The molecule has 22 heavy (non-hydrogen) atoms. The molecule has 0 N–H and O–H groups in total. The lowest BCUT2D eigenvalue weighted by molar-refractivity contribution is 0.103. The van der Waals surface area contributed by atoms with Crippen LogP contribution in [0.25, 0.3) is 0 Å². The summed E-state index contributed by atoms with van der Waals surface area (Å²) in [5, 5.41) is 0. The SMILES string of the molecule is O=C(c1ccccc1)c1ccnc(C(=O)c2ccccc2)c1. The van der Waals surface area contributed by atoms with E-state index >= 15 is 0 Å². The first-order valence-electron chi connectivity index (χ1n) is 6.91. The van der Waals surface area contributed by atoms with Crippen molar-refractivity contribution in [2.75, 3.05) is 0 Å². The van der Waals surface area contributed by atoms with Crippen molar-refractivity contribution < 1.29 is 9.59 Å². The van der Waals surface area contributed by atoms with Gasteiger partial charge >= 0.3 is 0 Å². The first-order valence-corrected chi connectivity index (χ1v) is 6.91. The van der Waals surface area contributed by atoms with Gasteiger partial charge in [-0.05, 0) is 12.1 Å². The number of pyridine rings is 1. The third-order valence-corrected chi connectivity index (χ3v) is 3.33. The maximum atomic E-state index is 12.4. The van der Waals surface area contributed by atoms with Crippen molar-refractivity contribution in [1.29, 1.82) is 0 Å². The van der Waals surface area contributed by atoms with Crippen LogP contribution < -0.4 is 0 Å². The first kappa shape index (κ1) is 13.9. The Morgan fingerprint density at radius 2 is 1.18 bits per heavy atom. The number of aromatic nitrogens is 1. The van der Waals surface area contributed by atoms with Crippen LogP contribution in [0.2, 0.25) is 0 Å². The van der Waals surface area contributed by atoms with Gasteiger partial charge in [-0.25, -0.2) is 0 Å². The molecule has 3 nitrogen and oxygen atoms in total. The lowest BCUT2D eigenvalue weighted by Crippen LogP contribution is -2.07. The molecule has 0 radical (unpaired) electrons. The summed E-state index contributed by atoms with van der Waals surface area (Å²) >= 11 is 0. The Morgan fingerprint density at radius 1 is 0.636 bits per heavy atom. The predicted molar refractivity (Wildman–Crippen MR) is 84.0 cm³/mol. The number of ketones is 2. The fourth-order valence-corrected chi connectivity index (χ4v) is 2.19. The molecule has 2 aromatic carbocycles. The molecule has 3 rings (SSSR count). The average Bonchev–Trinajstić information content (AvgIpc) is 2.62. The van der Waals surface area contributed by atoms with Gasteiger partial charge in [0.1, 0.15) is 5.69 Å². The maximum absolute atomic E-state index is 12.4. The highest BCUT2D eigenvalue weighted by atomic mass is 16.1. The molecule has 0 saturated heterocycles. The molecule has 1 heterocycles. The molecule has 0 fully saturated rings. The zero-order chi connectivity index (χ0) is 15.4. The first-order chi connectivity index (χ1) is 10.8. The van der Waals surface area contributed by atoms with Crippen LogP contribution in [-0.2, 0) is 0 Å². The van der Waals surface area contributed by atoms with Crippen molar-refractivity contribution in [2.24, 2.45) is 0 Å². The second-order valence-corrected chi connectivity index (χ2v) is 4.82. The summed E-state index contributed by atoms with van der Waals surface area (Å²) in [5.41, 5.74) is 1.87. The van der Waals surface area contributed by atoms with Crippen LogP contribution in [0, 0.1) is 0 Å². The molecule has 3 aromatic rings. The van der Waals surface area contributed by atoms with Crippen LogP contribution in [-0.4, -0.2) is 16.6 Å². The van der Waals surface area contributed by atoms with E-state index in [0.717, 1.165) is 0 Å². The Balaban J connectivity index is 1.94. The second kappa shape index (κ2) is 6.14. The van der Waals surface area contributed by atoms with E-state index < -0.39 is 0 Å². The highest BCUT2D eigenvalue weighted by molar-refractivity contribution is 6.12. The van der Waals surface area contributed by atoms with Crippen molar-refractivity contribution in [2.45, 2.75) is 0 Å². The van der Waals surface area contributed by atoms with E-state index in [-0.39, 0.29) is 17.3 Å². The fraction of sp³-hybridized carbons (Fsp3) is 0. The maximum Gasteiger partial charge on any atom is 0.211 e. The van der Waals surface area contributed by atoms with Gasteiger partial charge in [0.25, 0.3) is 0 Å². The molecule has 0 spiro atoms. The summed E-state index contributed by atoms with van der Waals surface area (Å²) in [6.45, 7) is 0. The van der Waals surface area contributed by atoms with Gasteiger partial charge in [0.2, 0.25) is 5.78 Å². The number of carbonyl (C=O) groups excluding carboxylic acids is 2. The molecule has 0 aliphatic heterocycles. The lowest BCUT2D eigenvalue weighted by atomic mass is 10.0. The fourth-order valence-electron chi connectivity index (χ4n) is 2.19. The summed E-state index contributed by atoms with van der Waals surface area (Å²) in [6.07, 6.45) is 1.49. The van der Waals surface area contributed by atoms with Crippen LogP contribution in [0.5, 0.6) is 0 Å². The lowest BCUT2D eigenvalue weighted by Gasteiger charge is -2.04. The Morgan fingerprint density at radius 3 is 1.77 bits per heavy atom. The van der Waals surface area contributed by atoms with Gasteiger partial charge in [-0.1, -0.05) is 60.7 Å². The third kappa shape index (κ3) is 2.83. The van der Waals surface area contributed by atoms with E-state index in [0.29, 0.717) is 16.7 Å². The Bertz CT molecular complexity index is 744. The number of carbonyl (C=O) groups is 2. The zero-order valence-electron chi connectivity index (χ0n) is 11.8. The molecule has 0 aliphatic rings. The molecule has 0 unspecified atom stereocenters. The van der Waals surface area contributed by atoms with Crippen molar-refractivity contribution in [1.82, 2.24) is 4.98 Å². The minimum absolute atomic E-state index is 0.120. The van der Waals surface area contributed by atoms with Gasteiger partial charge in [-0.2, -0.15) is 0 Å². The van der Waals surface area contributed by atoms with Gasteiger partial charge in [0, 0.05) is 22.9 Å². The topological polar surface area (TPSA) is 47.0 Å². The standard InChI is InChI=1S/C19H13NO2/c21-18(14-7-3-1-4-8-14)16-11-12-20-17(13-16)19(22)15-9-5-2-6-10-15/h1-13H. The van der Waals surface area contributed by atoms with Crippen LogP contribution >= 0.6 is 0 Å². The van der Waals surface area contributed by atoms with Crippen LogP contribution in [0.15, 0.2) is 79.0 Å². The minimum Gasteiger partial charge on any atom is -0.289 e. The smallest absolute Gasteiger partial charge is 0.211 e. The molecular formula is C19H13NO2. The Hall–Kier alpha value is -3.07. The second-order valence-electron chi connectivity index (χ2n) is 4.82. The van der Waals surface area contributed by atoms with E-state index in [1.165, 1.54) is 6.20 Å². The summed E-state index contributed by atoms with van der Waals surface area (Å²) in [5.74, 6) is -0.312. The molecule has 0 bridgehead atoms. The molecule has 0 atom stereocenters. The van der Waals surface area contributed by atoms with Crippen LogP contribution in [0.4, 0.5) is 0 Å². The number of rotatable bonds is 4. The normalized spacial score (nSPS) is 10.2. The van der Waals surface area contributed by atoms with Gasteiger partial charge in [0.15, 0.2) is 5.78 Å². The highest BCUT2D eigenvalue weighted by Gasteiger charge is 2.14. The van der Waals surface area contributed by atoms with Gasteiger partial charge in [-0.3, -0.25) is 14.6 Å². The van der Waals surface area contributed by atoms with Crippen molar-refractivity contribution >= 4 is 11.6 Å². The molecule has 1 aromatic heterocycles. The van der Waals surface area contributed by atoms with Crippen molar-refractivity contribution in [3.8, 4) is 0 Å². The summed E-state index contributed by atoms with van der Waals surface area (Å²) in [6, 6.07) is 21.1. The monoisotopic (exact) mass is 287 g/mol. The highest BCUT2D eigenvalue weighted by Crippen LogP contribution is 2.13. The molecule has 3 heteroatoms. The van der Waals surface area contributed by atoms with Gasteiger partial charge in [-0.15, -0.1) is 0 Å². The third-order valence-electron chi connectivity index (χ3n) is 3.33. The van der Waals surface area contributed by atoms with E-state index in [9.17, 15) is 9.59 Å². The quantitative estimate of drug-likeness (QED) is 0.689. The number of hydrogen-bond donors (Lipinski definition) is 0. The molecule has 106 valence electrons. The van der Waals surface area contributed by atoms with Gasteiger partial charge in [0.05, 0.1) is 0 Å². The van der Waals surface area contributed by atoms with Crippen LogP contribution in [0.1, 0.15) is 32.0 Å². The summed E-state index contributed by atoms with van der Waals surface area (Å²) in [7, 11) is 0. The summed E-state index contributed by atoms with van der Waals surface area (Å²) < 4.78 is 0. The number of benzene rings is 2. The Kier molecular flexibility index (Phi) is 3.88. The van der Waals surface area contributed by atoms with Crippen molar-refractivity contribution in [3.63, 3.8) is 0 Å². The molecule has 0 aliphatic carbocycles. The number of hydrogen-bond acceptors (Lipinski definition) is 3. The molecular weight excluding hydrogens is 274 g/mol. The van der Waals surface area contributed by atoms with Crippen molar-refractivity contribution in [3.05, 3.63) is 101 Å². The summed E-state index contributed by atoms with van der Waals surface area (Å²) in [4.78, 5) is 28.9. The average molecular weight is 287 g/mol. The van der Waals surface area contributed by atoms with Crippen LogP contribution in [0.3, 0.4) is 0 Å². The zero-order valence-corrected chi connectivity index (χ0v) is 11.8. The van der Waals surface area contributed by atoms with E-state index in [2.05, 4.69) is 4.98 Å². The Labute approximate surface area is 128 Å². The van der Waals surface area contributed by atoms with E-state index in [4.69, 9.17) is 0 Å². The molecule has 0 saturated carbocycles. The van der Waals surface area contributed by atoms with E-state index in [1.54, 1.807) is 48.5 Å².